The Kier molecular flexibility index (Phi) is 6.88. The number of carbonyl (C=O) groups excluding carboxylic acids is 1. The van der Waals surface area contributed by atoms with Crippen molar-refractivity contribution in [3.05, 3.63) is 0 Å². The van der Waals surface area contributed by atoms with Crippen molar-refractivity contribution in [1.82, 2.24) is 15.5 Å². The van der Waals surface area contributed by atoms with Gasteiger partial charge in [0, 0.05) is 32.7 Å². The van der Waals surface area contributed by atoms with E-state index in [-0.39, 0.29) is 13.1 Å². The zero-order valence-electron chi connectivity index (χ0n) is 11.6. The van der Waals surface area contributed by atoms with Gasteiger partial charge in [0.2, 0.25) is 5.91 Å². The number of carbonyl (C=O) groups is 1. The van der Waals surface area contributed by atoms with Crippen LogP contribution in [0.2, 0.25) is 0 Å². The Balaban J connectivity index is 2.41. The van der Waals surface area contributed by atoms with Gasteiger partial charge < -0.3 is 15.4 Å². The lowest BCUT2D eigenvalue weighted by Crippen LogP contribution is -2.57. The van der Waals surface area contributed by atoms with E-state index in [1.165, 1.54) is 4.90 Å². The van der Waals surface area contributed by atoms with Crippen LogP contribution in [0.15, 0.2) is 0 Å². The van der Waals surface area contributed by atoms with E-state index in [1.54, 1.807) is 0 Å². The second-order valence-corrected chi connectivity index (χ2v) is 4.76. The number of hydrogen-bond acceptors (Lipinski definition) is 4. The van der Waals surface area contributed by atoms with Gasteiger partial charge in [-0.25, -0.2) is 0 Å². The minimum absolute atomic E-state index is 0.171. The first-order valence-corrected chi connectivity index (χ1v) is 6.52. The zero-order valence-corrected chi connectivity index (χ0v) is 11.6. The average Bonchev–Trinajstić information content (AvgIpc) is 2.37. The Hall–Kier alpha value is -1.07. The van der Waals surface area contributed by atoms with Gasteiger partial charge in [-0.05, 0) is 0 Å². The fraction of sp³-hybridized carbons (Fsp3) is 0.909. The van der Waals surface area contributed by atoms with Crippen LogP contribution in [0, 0.1) is 0 Å². The van der Waals surface area contributed by atoms with Gasteiger partial charge in [-0.1, -0.05) is 0 Å². The van der Waals surface area contributed by atoms with Crippen molar-refractivity contribution in [2.24, 2.45) is 0 Å². The number of rotatable bonds is 6. The van der Waals surface area contributed by atoms with Gasteiger partial charge in [-0.2, -0.15) is 26.3 Å². The number of amides is 1. The first-order chi connectivity index (χ1) is 10.1. The van der Waals surface area contributed by atoms with Crippen LogP contribution < -0.4 is 10.6 Å². The molecule has 0 aromatic carbocycles. The van der Waals surface area contributed by atoms with Crippen LogP contribution in [0.3, 0.4) is 0 Å². The van der Waals surface area contributed by atoms with Gasteiger partial charge in [0.15, 0.2) is 0 Å². The quantitative estimate of drug-likeness (QED) is 0.694. The molecule has 1 amide bonds. The van der Waals surface area contributed by atoms with Crippen LogP contribution in [-0.2, 0) is 9.53 Å². The van der Waals surface area contributed by atoms with E-state index in [9.17, 15) is 31.1 Å². The Bertz CT molecular complexity index is 355. The molecule has 0 saturated carbocycles. The van der Waals surface area contributed by atoms with Gasteiger partial charge in [0.05, 0.1) is 0 Å². The highest BCUT2D eigenvalue weighted by atomic mass is 19.4. The molecule has 1 atom stereocenters. The van der Waals surface area contributed by atoms with E-state index < -0.39 is 44.1 Å². The lowest BCUT2D eigenvalue weighted by Gasteiger charge is -2.35. The van der Waals surface area contributed by atoms with E-state index in [2.05, 4.69) is 10.1 Å². The molecule has 130 valence electrons. The van der Waals surface area contributed by atoms with Crippen LogP contribution in [0.1, 0.15) is 0 Å². The SMILES string of the molecule is O=C(COCC(F)(F)F)NCC(N1CCNCC1)C(F)(F)F. The molecule has 1 aliphatic rings. The number of nitrogens with one attached hydrogen (secondary N) is 2. The summed E-state index contributed by atoms with van der Waals surface area (Å²) in [6, 6.07) is -1.87. The summed E-state index contributed by atoms with van der Waals surface area (Å²) < 4.78 is 78.4. The first-order valence-electron chi connectivity index (χ1n) is 6.52. The molecular weight excluding hydrogens is 320 g/mol. The Morgan fingerprint density at radius 1 is 1.18 bits per heavy atom. The summed E-state index contributed by atoms with van der Waals surface area (Å²) in [7, 11) is 0. The topological polar surface area (TPSA) is 53.6 Å². The molecule has 0 spiro atoms. The van der Waals surface area contributed by atoms with Crippen molar-refractivity contribution in [3.63, 3.8) is 0 Å². The van der Waals surface area contributed by atoms with Crippen molar-refractivity contribution in [2.75, 3.05) is 45.9 Å². The third kappa shape index (κ3) is 7.27. The standard InChI is InChI=1S/C11H17F6N3O2/c12-10(13,14)7-22-6-9(21)19-5-8(11(15,16)17)20-3-1-18-2-4-20/h8,18H,1-7H2,(H,19,21). The van der Waals surface area contributed by atoms with E-state index >= 15 is 0 Å². The minimum Gasteiger partial charge on any atom is -0.362 e. The molecule has 0 aromatic rings. The molecule has 1 heterocycles. The monoisotopic (exact) mass is 337 g/mol. The first kappa shape index (κ1) is 19.0. The van der Waals surface area contributed by atoms with E-state index in [1.807, 2.05) is 5.32 Å². The maximum absolute atomic E-state index is 13.0. The van der Waals surface area contributed by atoms with E-state index in [4.69, 9.17) is 0 Å². The highest BCUT2D eigenvalue weighted by molar-refractivity contribution is 5.77. The fourth-order valence-electron chi connectivity index (χ4n) is 1.97. The molecule has 1 aliphatic heterocycles. The second kappa shape index (κ2) is 7.97. The third-order valence-electron chi connectivity index (χ3n) is 2.96. The van der Waals surface area contributed by atoms with Crippen LogP contribution in [-0.4, -0.2) is 75.1 Å². The van der Waals surface area contributed by atoms with Gasteiger partial charge in [0.25, 0.3) is 0 Å². The molecule has 11 heteroatoms. The minimum atomic E-state index is -4.59. The molecule has 1 saturated heterocycles. The average molecular weight is 337 g/mol. The fourth-order valence-corrected chi connectivity index (χ4v) is 1.97. The summed E-state index contributed by atoms with van der Waals surface area (Å²) in [5.74, 6) is -1.02. The predicted molar refractivity (Wildman–Crippen MR) is 64.2 cm³/mol. The molecule has 0 bridgehead atoms. The van der Waals surface area contributed by atoms with E-state index in [0.29, 0.717) is 13.1 Å². The van der Waals surface area contributed by atoms with Gasteiger partial charge in [0.1, 0.15) is 19.3 Å². The Morgan fingerprint density at radius 3 is 2.27 bits per heavy atom. The van der Waals surface area contributed by atoms with Crippen LogP contribution >= 0.6 is 0 Å². The largest absolute Gasteiger partial charge is 0.411 e. The molecule has 0 radical (unpaired) electrons. The number of nitrogens with zero attached hydrogens (tertiary/aromatic N) is 1. The van der Waals surface area contributed by atoms with Crippen molar-refractivity contribution in [3.8, 4) is 0 Å². The lowest BCUT2D eigenvalue weighted by atomic mass is 10.2. The molecule has 22 heavy (non-hydrogen) atoms. The van der Waals surface area contributed by atoms with Gasteiger partial charge in [-0.15, -0.1) is 0 Å². The molecule has 1 fully saturated rings. The molecule has 2 N–H and O–H groups in total. The smallest absolute Gasteiger partial charge is 0.362 e. The molecule has 1 rings (SSSR count). The lowest BCUT2D eigenvalue weighted by molar-refractivity contribution is -0.184. The van der Waals surface area contributed by atoms with E-state index in [0.717, 1.165) is 0 Å². The van der Waals surface area contributed by atoms with Crippen LogP contribution in [0.5, 0.6) is 0 Å². The number of halogens is 6. The zero-order chi connectivity index (χ0) is 16.8. The van der Waals surface area contributed by atoms with Crippen molar-refractivity contribution in [2.45, 2.75) is 18.4 Å². The van der Waals surface area contributed by atoms with Crippen molar-refractivity contribution >= 4 is 5.91 Å². The number of piperazine rings is 1. The van der Waals surface area contributed by atoms with Crippen molar-refractivity contribution in [1.29, 1.82) is 0 Å². The maximum Gasteiger partial charge on any atom is 0.411 e. The summed E-state index contributed by atoms with van der Waals surface area (Å²) in [4.78, 5) is 12.4. The maximum atomic E-state index is 13.0. The van der Waals surface area contributed by atoms with Crippen LogP contribution in [0.4, 0.5) is 26.3 Å². The summed E-state index contributed by atoms with van der Waals surface area (Å²) in [5.41, 5.74) is 0. The summed E-state index contributed by atoms with van der Waals surface area (Å²) in [6.07, 6.45) is -9.13. The summed E-state index contributed by atoms with van der Waals surface area (Å²) in [6.45, 7) is -2.15. The van der Waals surface area contributed by atoms with Gasteiger partial charge >= 0.3 is 12.4 Å². The summed E-state index contributed by atoms with van der Waals surface area (Å²) in [5, 5.41) is 4.86. The highest BCUT2D eigenvalue weighted by Gasteiger charge is 2.43. The Morgan fingerprint density at radius 2 is 1.77 bits per heavy atom. The molecule has 5 nitrogen and oxygen atoms in total. The normalized spacial score (nSPS) is 19.0. The predicted octanol–water partition coefficient (Wildman–Crippen LogP) is 0.518. The van der Waals surface area contributed by atoms with Crippen LogP contribution in [0.25, 0.3) is 0 Å². The third-order valence-corrected chi connectivity index (χ3v) is 2.96. The number of ether oxygens (including phenoxy) is 1. The van der Waals surface area contributed by atoms with Gasteiger partial charge in [-0.3, -0.25) is 9.69 Å². The molecule has 0 aromatic heterocycles. The second-order valence-electron chi connectivity index (χ2n) is 4.76. The molecule has 0 aliphatic carbocycles. The number of hydrogen-bond donors (Lipinski definition) is 2. The highest BCUT2D eigenvalue weighted by Crippen LogP contribution is 2.24. The summed E-state index contributed by atoms with van der Waals surface area (Å²) >= 11 is 0. The molecule has 1 unspecified atom stereocenters. The molecular formula is C11H17F6N3O2. The Labute approximate surface area is 123 Å². The van der Waals surface area contributed by atoms with Crippen molar-refractivity contribution < 1.29 is 35.9 Å². The number of alkyl halides is 6.